The standard InChI is InChI=1S/C9H14N2O3/c10-4-5-8(13)9(14)7-6(12)2-1-3-11(5)7/h5-9,12-14H,1-3H2/t5?,6-,7-,8-,9+/m1/s1. The molecule has 5 heteroatoms. The highest BCUT2D eigenvalue weighted by atomic mass is 16.3. The van der Waals surface area contributed by atoms with Crippen LogP contribution in [0.3, 0.4) is 0 Å². The van der Waals surface area contributed by atoms with Crippen LogP contribution in [-0.4, -0.2) is 57.2 Å². The molecule has 0 spiro atoms. The third kappa shape index (κ3) is 1.23. The minimum atomic E-state index is -1.06. The minimum absolute atomic E-state index is 0.469. The summed E-state index contributed by atoms with van der Waals surface area (Å²) in [5.74, 6) is 0. The van der Waals surface area contributed by atoms with Crippen molar-refractivity contribution in [3.63, 3.8) is 0 Å². The van der Waals surface area contributed by atoms with Gasteiger partial charge in [0.25, 0.3) is 0 Å². The maximum absolute atomic E-state index is 9.66. The van der Waals surface area contributed by atoms with Gasteiger partial charge in [0.1, 0.15) is 18.2 Å². The zero-order valence-corrected chi connectivity index (χ0v) is 7.74. The SMILES string of the molecule is N#CC1[C@@H](O)[C@@H](O)[C@H]2[C@H](O)CCCN12. The van der Waals surface area contributed by atoms with Crippen molar-refractivity contribution in [3.05, 3.63) is 0 Å². The highest BCUT2D eigenvalue weighted by molar-refractivity contribution is 5.12. The largest absolute Gasteiger partial charge is 0.391 e. The number of nitriles is 1. The van der Waals surface area contributed by atoms with Gasteiger partial charge in [-0.25, -0.2) is 0 Å². The zero-order chi connectivity index (χ0) is 10.3. The summed E-state index contributed by atoms with van der Waals surface area (Å²) in [6.07, 6.45) is -1.27. The Bertz CT molecular complexity index is 265. The van der Waals surface area contributed by atoms with E-state index in [1.54, 1.807) is 4.90 Å². The van der Waals surface area contributed by atoms with Crippen LogP contribution in [0.5, 0.6) is 0 Å². The number of aliphatic hydroxyl groups excluding tert-OH is 3. The summed E-state index contributed by atoms with van der Waals surface area (Å²) in [6, 6.07) is 0.824. The van der Waals surface area contributed by atoms with Gasteiger partial charge in [-0.15, -0.1) is 0 Å². The molecule has 0 aliphatic carbocycles. The summed E-state index contributed by atoms with van der Waals surface area (Å²) in [4.78, 5) is 1.71. The molecule has 3 N–H and O–H groups in total. The van der Waals surface area contributed by atoms with Gasteiger partial charge in [0.2, 0.25) is 0 Å². The van der Waals surface area contributed by atoms with Gasteiger partial charge in [0, 0.05) is 6.54 Å². The van der Waals surface area contributed by atoms with Crippen molar-refractivity contribution >= 4 is 0 Å². The first-order chi connectivity index (χ1) is 6.66. The van der Waals surface area contributed by atoms with E-state index >= 15 is 0 Å². The first kappa shape index (κ1) is 9.87. The van der Waals surface area contributed by atoms with E-state index in [1.165, 1.54) is 0 Å². The predicted octanol–water partition coefficient (Wildman–Crippen LogP) is -1.56. The van der Waals surface area contributed by atoms with Crippen LogP contribution in [-0.2, 0) is 0 Å². The van der Waals surface area contributed by atoms with Crippen LogP contribution in [0.25, 0.3) is 0 Å². The van der Waals surface area contributed by atoms with Crippen LogP contribution in [0.15, 0.2) is 0 Å². The molecule has 2 heterocycles. The van der Waals surface area contributed by atoms with Crippen molar-refractivity contribution in [1.82, 2.24) is 4.90 Å². The lowest BCUT2D eigenvalue weighted by atomic mass is 9.97. The van der Waals surface area contributed by atoms with Crippen molar-refractivity contribution in [2.45, 2.75) is 43.2 Å². The Morgan fingerprint density at radius 2 is 1.93 bits per heavy atom. The van der Waals surface area contributed by atoms with Crippen LogP contribution in [0.2, 0.25) is 0 Å². The Morgan fingerprint density at radius 3 is 2.57 bits per heavy atom. The predicted molar refractivity (Wildman–Crippen MR) is 47.1 cm³/mol. The molecule has 0 aromatic carbocycles. The van der Waals surface area contributed by atoms with E-state index in [1.807, 2.05) is 6.07 Å². The molecule has 0 saturated carbocycles. The summed E-state index contributed by atoms with van der Waals surface area (Å²) in [5, 5.41) is 37.7. The van der Waals surface area contributed by atoms with Gasteiger partial charge in [0.15, 0.2) is 0 Å². The Labute approximate surface area is 82.2 Å². The van der Waals surface area contributed by atoms with Crippen LogP contribution < -0.4 is 0 Å². The van der Waals surface area contributed by atoms with E-state index in [-0.39, 0.29) is 0 Å². The molecule has 0 radical (unpaired) electrons. The van der Waals surface area contributed by atoms with Gasteiger partial charge in [0.05, 0.1) is 18.2 Å². The number of nitrogens with zero attached hydrogens (tertiary/aromatic N) is 2. The van der Waals surface area contributed by atoms with Crippen LogP contribution in [0.4, 0.5) is 0 Å². The number of aliphatic hydroxyl groups is 3. The fourth-order valence-corrected chi connectivity index (χ4v) is 2.51. The first-order valence-corrected chi connectivity index (χ1v) is 4.86. The van der Waals surface area contributed by atoms with Gasteiger partial charge in [-0.3, -0.25) is 4.90 Å². The molecule has 2 fully saturated rings. The second-order valence-electron chi connectivity index (χ2n) is 3.99. The quantitative estimate of drug-likeness (QED) is 0.438. The van der Waals surface area contributed by atoms with E-state index in [2.05, 4.69) is 0 Å². The zero-order valence-electron chi connectivity index (χ0n) is 7.74. The maximum Gasteiger partial charge on any atom is 0.127 e. The molecule has 78 valence electrons. The van der Waals surface area contributed by atoms with Crippen molar-refractivity contribution in [2.75, 3.05) is 6.54 Å². The van der Waals surface area contributed by atoms with Crippen molar-refractivity contribution < 1.29 is 15.3 Å². The van der Waals surface area contributed by atoms with E-state index < -0.39 is 30.4 Å². The summed E-state index contributed by atoms with van der Waals surface area (Å²) in [6.45, 7) is 0.661. The van der Waals surface area contributed by atoms with Gasteiger partial charge >= 0.3 is 0 Å². The second-order valence-corrected chi connectivity index (χ2v) is 3.99. The molecule has 0 bridgehead atoms. The average Bonchev–Trinajstić information content (AvgIpc) is 2.41. The highest BCUT2D eigenvalue weighted by Gasteiger charge is 2.51. The monoisotopic (exact) mass is 198 g/mol. The molecule has 2 rings (SSSR count). The average molecular weight is 198 g/mol. The van der Waals surface area contributed by atoms with Crippen LogP contribution in [0, 0.1) is 11.3 Å². The third-order valence-corrected chi connectivity index (χ3v) is 3.21. The summed E-state index contributed by atoms with van der Waals surface area (Å²) in [7, 11) is 0. The van der Waals surface area contributed by atoms with E-state index in [4.69, 9.17) is 5.26 Å². The van der Waals surface area contributed by atoms with Gasteiger partial charge in [-0.1, -0.05) is 0 Å². The minimum Gasteiger partial charge on any atom is -0.391 e. The Balaban J connectivity index is 2.25. The number of piperidine rings is 1. The van der Waals surface area contributed by atoms with E-state index in [9.17, 15) is 15.3 Å². The van der Waals surface area contributed by atoms with Crippen LogP contribution in [0.1, 0.15) is 12.8 Å². The topological polar surface area (TPSA) is 87.7 Å². The number of hydrogen-bond donors (Lipinski definition) is 3. The molecule has 2 saturated heterocycles. The Morgan fingerprint density at radius 1 is 1.21 bits per heavy atom. The molecular formula is C9H14N2O3. The third-order valence-electron chi connectivity index (χ3n) is 3.21. The molecule has 1 unspecified atom stereocenters. The molecule has 2 aliphatic heterocycles. The number of fused-ring (bicyclic) bond motifs is 1. The summed E-state index contributed by atoms with van der Waals surface area (Å²) >= 11 is 0. The molecule has 0 aromatic rings. The molecular weight excluding hydrogens is 184 g/mol. The summed E-state index contributed by atoms with van der Waals surface area (Å²) < 4.78 is 0. The smallest absolute Gasteiger partial charge is 0.127 e. The van der Waals surface area contributed by atoms with Crippen molar-refractivity contribution in [1.29, 1.82) is 5.26 Å². The lowest BCUT2D eigenvalue weighted by molar-refractivity contribution is -0.0286. The second kappa shape index (κ2) is 3.48. The summed E-state index contributed by atoms with van der Waals surface area (Å²) in [5.41, 5.74) is 0. The van der Waals surface area contributed by atoms with Gasteiger partial charge in [-0.2, -0.15) is 5.26 Å². The van der Waals surface area contributed by atoms with Crippen molar-refractivity contribution in [2.24, 2.45) is 0 Å². The van der Waals surface area contributed by atoms with E-state index in [0.717, 1.165) is 6.42 Å². The fraction of sp³-hybridized carbons (Fsp3) is 0.889. The molecule has 2 aliphatic rings. The molecule has 5 nitrogen and oxygen atoms in total. The lowest BCUT2D eigenvalue weighted by Crippen LogP contribution is -2.50. The molecule has 0 aromatic heterocycles. The Hall–Kier alpha value is -0.670. The Kier molecular flexibility index (Phi) is 2.45. The normalized spacial score (nSPS) is 48.6. The highest BCUT2D eigenvalue weighted by Crippen LogP contribution is 2.32. The van der Waals surface area contributed by atoms with E-state index in [0.29, 0.717) is 13.0 Å². The fourth-order valence-electron chi connectivity index (χ4n) is 2.51. The first-order valence-electron chi connectivity index (χ1n) is 4.86. The van der Waals surface area contributed by atoms with Gasteiger partial charge in [-0.05, 0) is 12.8 Å². The number of hydrogen-bond acceptors (Lipinski definition) is 5. The van der Waals surface area contributed by atoms with Crippen LogP contribution >= 0.6 is 0 Å². The lowest BCUT2D eigenvalue weighted by Gasteiger charge is -2.35. The molecule has 14 heavy (non-hydrogen) atoms. The van der Waals surface area contributed by atoms with Gasteiger partial charge < -0.3 is 15.3 Å². The number of rotatable bonds is 0. The maximum atomic E-state index is 9.66. The molecule has 0 amide bonds. The molecule has 5 atom stereocenters. The van der Waals surface area contributed by atoms with Crippen molar-refractivity contribution in [3.8, 4) is 6.07 Å².